The van der Waals surface area contributed by atoms with Crippen LogP contribution in [0.1, 0.15) is 52.5 Å². The number of imidazole rings is 1. The summed E-state index contributed by atoms with van der Waals surface area (Å²) in [5, 5.41) is 5.88. The van der Waals surface area contributed by atoms with Crippen LogP contribution >= 0.6 is 0 Å². The molecule has 4 N–H and O–H groups in total. The molecule has 1 aromatic carbocycles. The normalized spacial score (nSPS) is 19.0. The van der Waals surface area contributed by atoms with Crippen molar-refractivity contribution in [3.8, 4) is 0 Å². The summed E-state index contributed by atoms with van der Waals surface area (Å²) in [6.07, 6.45) is 3.90. The van der Waals surface area contributed by atoms with E-state index in [-0.39, 0.29) is 29.4 Å². The lowest BCUT2D eigenvalue weighted by atomic mass is 9.85. The van der Waals surface area contributed by atoms with Crippen LogP contribution in [0.15, 0.2) is 18.3 Å². The fourth-order valence-corrected chi connectivity index (χ4v) is 4.11. The Bertz CT molecular complexity index is 1170. The number of primary amides is 1. The van der Waals surface area contributed by atoms with Gasteiger partial charge in [-0.25, -0.2) is 23.1 Å². The number of halogens is 3. The summed E-state index contributed by atoms with van der Waals surface area (Å²) >= 11 is 0. The van der Waals surface area contributed by atoms with Gasteiger partial charge in [-0.2, -0.15) is 4.98 Å². The number of aromatic nitrogens is 4. The van der Waals surface area contributed by atoms with Crippen LogP contribution in [0.3, 0.4) is 0 Å². The lowest BCUT2D eigenvalue weighted by Gasteiger charge is -2.29. The van der Waals surface area contributed by atoms with Gasteiger partial charge in [-0.3, -0.25) is 9.36 Å². The van der Waals surface area contributed by atoms with E-state index in [9.17, 15) is 18.0 Å². The molecule has 1 amide bonds. The Morgan fingerprint density at radius 2 is 1.73 bits per heavy atom. The largest absolute Gasteiger partial charge is 0.369 e. The Balaban J connectivity index is 1.78. The van der Waals surface area contributed by atoms with E-state index in [4.69, 9.17) is 5.73 Å². The van der Waals surface area contributed by atoms with E-state index in [0.717, 1.165) is 0 Å². The standard InChI is InChI=1S/C22H26F3N7O/c1-22(2,3)31-20-27-10-16-19(30-20)32(13-6-4-11(5-7-13)18(26)33)21(28-16)29-17-14(24)8-12(23)9-15(17)25/h8-11,13H,4-7H2,1-3H3,(H2,26,33)(H,28,29)(H,27,30,31)/t11-,13-. The number of nitrogens with two attached hydrogens (primary N) is 1. The van der Waals surface area contributed by atoms with Crippen molar-refractivity contribution in [3.05, 3.63) is 35.8 Å². The second-order valence-corrected chi connectivity index (χ2v) is 9.36. The van der Waals surface area contributed by atoms with Crippen molar-refractivity contribution in [3.63, 3.8) is 0 Å². The molecule has 2 aromatic heterocycles. The second kappa shape index (κ2) is 8.53. The maximum Gasteiger partial charge on any atom is 0.225 e. The van der Waals surface area contributed by atoms with Crippen molar-refractivity contribution in [1.82, 2.24) is 19.5 Å². The van der Waals surface area contributed by atoms with Crippen LogP contribution < -0.4 is 16.4 Å². The molecule has 3 aromatic rings. The molecule has 1 aliphatic carbocycles. The third-order valence-electron chi connectivity index (χ3n) is 5.63. The highest BCUT2D eigenvalue weighted by Crippen LogP contribution is 2.37. The minimum absolute atomic E-state index is 0.142. The molecular weight excluding hydrogens is 435 g/mol. The van der Waals surface area contributed by atoms with Crippen molar-refractivity contribution < 1.29 is 18.0 Å². The van der Waals surface area contributed by atoms with Crippen molar-refractivity contribution in [2.24, 2.45) is 11.7 Å². The summed E-state index contributed by atoms with van der Waals surface area (Å²) in [5.41, 5.74) is 5.56. The molecule has 0 bridgehead atoms. The number of carbonyl (C=O) groups is 1. The highest BCUT2D eigenvalue weighted by Gasteiger charge is 2.30. The molecule has 1 fully saturated rings. The van der Waals surface area contributed by atoms with Gasteiger partial charge in [0.15, 0.2) is 17.3 Å². The number of hydrogen-bond donors (Lipinski definition) is 3. The van der Waals surface area contributed by atoms with Gasteiger partial charge >= 0.3 is 0 Å². The first-order valence-corrected chi connectivity index (χ1v) is 10.8. The molecule has 8 nitrogen and oxygen atoms in total. The number of rotatable bonds is 5. The van der Waals surface area contributed by atoms with Crippen molar-refractivity contribution in [2.45, 2.75) is 58.0 Å². The van der Waals surface area contributed by atoms with Crippen LogP contribution in [0.4, 0.5) is 30.8 Å². The Hall–Kier alpha value is -3.37. The molecule has 176 valence electrons. The van der Waals surface area contributed by atoms with E-state index in [2.05, 4.69) is 25.6 Å². The summed E-state index contributed by atoms with van der Waals surface area (Å²) in [6.45, 7) is 5.90. The first kappa shape index (κ1) is 22.8. The predicted molar refractivity (Wildman–Crippen MR) is 118 cm³/mol. The van der Waals surface area contributed by atoms with Crippen LogP contribution in [-0.4, -0.2) is 31.0 Å². The molecule has 0 spiro atoms. The van der Waals surface area contributed by atoms with Gasteiger partial charge in [-0.1, -0.05) is 0 Å². The van der Waals surface area contributed by atoms with Gasteiger partial charge < -0.3 is 16.4 Å². The Kier molecular flexibility index (Phi) is 5.89. The van der Waals surface area contributed by atoms with Gasteiger partial charge in [0.1, 0.15) is 17.0 Å². The zero-order valence-corrected chi connectivity index (χ0v) is 18.6. The monoisotopic (exact) mass is 461 g/mol. The van der Waals surface area contributed by atoms with Crippen LogP contribution in [0.5, 0.6) is 0 Å². The van der Waals surface area contributed by atoms with E-state index >= 15 is 0 Å². The molecule has 0 unspecified atom stereocenters. The fourth-order valence-electron chi connectivity index (χ4n) is 4.11. The smallest absolute Gasteiger partial charge is 0.225 e. The number of fused-ring (bicyclic) bond motifs is 1. The summed E-state index contributed by atoms with van der Waals surface area (Å²) in [7, 11) is 0. The SMILES string of the molecule is CC(C)(C)Nc1ncc2nc(Nc3c(F)cc(F)cc3F)n([C@H]3CC[C@H](C(N)=O)CC3)c2n1. The summed E-state index contributed by atoms with van der Waals surface area (Å²) in [6, 6.07) is 1.06. The van der Waals surface area contributed by atoms with Crippen molar-refractivity contribution in [2.75, 3.05) is 10.6 Å². The van der Waals surface area contributed by atoms with Crippen molar-refractivity contribution in [1.29, 1.82) is 0 Å². The van der Waals surface area contributed by atoms with Crippen LogP contribution in [0.2, 0.25) is 0 Å². The first-order chi connectivity index (χ1) is 15.5. The zero-order valence-electron chi connectivity index (χ0n) is 18.6. The number of anilines is 3. The van der Waals surface area contributed by atoms with Crippen LogP contribution in [-0.2, 0) is 4.79 Å². The summed E-state index contributed by atoms with van der Waals surface area (Å²) < 4.78 is 43.8. The van der Waals surface area contributed by atoms with Gasteiger partial charge in [-0.05, 0) is 46.5 Å². The van der Waals surface area contributed by atoms with Crippen LogP contribution in [0.25, 0.3) is 11.2 Å². The minimum atomic E-state index is -1.08. The van der Waals surface area contributed by atoms with E-state index in [1.807, 2.05) is 20.8 Å². The molecule has 0 radical (unpaired) electrons. The number of benzene rings is 1. The number of nitrogens with zero attached hydrogens (tertiary/aromatic N) is 4. The van der Waals surface area contributed by atoms with Gasteiger partial charge in [0.05, 0.1) is 6.20 Å². The summed E-state index contributed by atoms with van der Waals surface area (Å²) in [5.74, 6) is -3.19. The topological polar surface area (TPSA) is 111 Å². The number of nitrogens with one attached hydrogen (secondary N) is 2. The van der Waals surface area contributed by atoms with Gasteiger partial charge in [0.25, 0.3) is 0 Å². The molecular formula is C22H26F3N7O. The Morgan fingerprint density at radius 3 is 2.30 bits per heavy atom. The number of carbonyl (C=O) groups excluding carboxylic acids is 1. The first-order valence-electron chi connectivity index (χ1n) is 10.8. The molecule has 0 aliphatic heterocycles. The molecule has 4 rings (SSSR count). The molecule has 1 saturated carbocycles. The van der Waals surface area contributed by atoms with Gasteiger partial charge in [-0.15, -0.1) is 0 Å². The Labute approximate surface area is 188 Å². The maximum absolute atomic E-state index is 14.3. The fraction of sp³-hybridized carbons (Fsp3) is 0.455. The third kappa shape index (κ3) is 4.86. The molecule has 2 heterocycles. The van der Waals surface area contributed by atoms with Crippen LogP contribution in [0, 0.1) is 23.4 Å². The highest BCUT2D eigenvalue weighted by molar-refractivity contribution is 5.78. The molecule has 11 heteroatoms. The van der Waals surface area contributed by atoms with E-state index < -0.39 is 23.1 Å². The molecule has 0 saturated heterocycles. The Morgan fingerprint density at radius 1 is 1.09 bits per heavy atom. The zero-order chi connectivity index (χ0) is 23.9. The quantitative estimate of drug-likeness (QED) is 0.519. The number of amides is 1. The lowest BCUT2D eigenvalue weighted by molar-refractivity contribution is -0.122. The average molecular weight is 461 g/mol. The predicted octanol–water partition coefficient (Wildman–Crippen LogP) is 4.41. The lowest BCUT2D eigenvalue weighted by Crippen LogP contribution is -2.29. The highest BCUT2D eigenvalue weighted by atomic mass is 19.1. The van der Waals surface area contributed by atoms with E-state index in [1.54, 1.807) is 4.57 Å². The van der Waals surface area contributed by atoms with Crippen molar-refractivity contribution >= 4 is 34.7 Å². The van der Waals surface area contributed by atoms with Gasteiger partial charge in [0, 0.05) is 29.6 Å². The third-order valence-corrected chi connectivity index (χ3v) is 5.63. The minimum Gasteiger partial charge on any atom is -0.369 e. The van der Waals surface area contributed by atoms with E-state index in [1.165, 1.54) is 6.20 Å². The molecule has 1 aliphatic rings. The molecule has 0 atom stereocenters. The van der Waals surface area contributed by atoms with E-state index in [0.29, 0.717) is 54.9 Å². The molecule has 33 heavy (non-hydrogen) atoms. The number of hydrogen-bond acceptors (Lipinski definition) is 6. The summed E-state index contributed by atoms with van der Waals surface area (Å²) in [4.78, 5) is 25.0. The second-order valence-electron chi connectivity index (χ2n) is 9.36. The van der Waals surface area contributed by atoms with Gasteiger partial charge in [0.2, 0.25) is 17.8 Å². The average Bonchev–Trinajstić information content (AvgIpc) is 3.06. The maximum atomic E-state index is 14.3.